The molecule has 0 bridgehead atoms. The molecule has 0 aliphatic carbocycles. The van der Waals surface area contributed by atoms with Gasteiger partial charge >= 0.3 is 5.97 Å². The number of hydrogen-bond acceptors (Lipinski definition) is 5. The zero-order valence-corrected chi connectivity index (χ0v) is 15.9. The van der Waals surface area contributed by atoms with Crippen molar-refractivity contribution in [2.24, 2.45) is 0 Å². The summed E-state index contributed by atoms with van der Waals surface area (Å²) < 4.78 is 16.7. The van der Waals surface area contributed by atoms with E-state index in [1.807, 2.05) is 36.4 Å². The first-order chi connectivity index (χ1) is 13.5. The summed E-state index contributed by atoms with van der Waals surface area (Å²) in [6, 6.07) is 18.7. The second-order valence-corrected chi connectivity index (χ2v) is 6.61. The van der Waals surface area contributed by atoms with Crippen molar-refractivity contribution in [3.63, 3.8) is 0 Å². The van der Waals surface area contributed by atoms with Crippen molar-refractivity contribution in [1.29, 1.82) is 0 Å². The van der Waals surface area contributed by atoms with Gasteiger partial charge in [0.25, 0.3) is 0 Å². The third-order valence-electron chi connectivity index (χ3n) is 4.54. The molecule has 0 fully saturated rings. The summed E-state index contributed by atoms with van der Waals surface area (Å²) in [5.41, 5.74) is 0.564. The van der Waals surface area contributed by atoms with Gasteiger partial charge in [0.05, 0.1) is 6.61 Å². The molecule has 0 saturated carbocycles. The highest BCUT2D eigenvalue weighted by molar-refractivity contribution is 5.77. The van der Waals surface area contributed by atoms with Gasteiger partial charge in [0, 0.05) is 18.1 Å². The molecule has 6 nitrogen and oxygen atoms in total. The van der Waals surface area contributed by atoms with Crippen LogP contribution in [0.15, 0.2) is 65.2 Å². The maximum Gasteiger partial charge on any atom is 0.347 e. The Morgan fingerprint density at radius 2 is 1.79 bits per heavy atom. The second kappa shape index (κ2) is 8.61. The van der Waals surface area contributed by atoms with E-state index in [1.54, 1.807) is 38.1 Å². The maximum atomic E-state index is 11.3. The summed E-state index contributed by atoms with van der Waals surface area (Å²) in [4.78, 5) is 11.3. The third kappa shape index (κ3) is 4.71. The molecule has 0 saturated heterocycles. The zero-order chi connectivity index (χ0) is 20.0. The molecule has 0 aliphatic heterocycles. The van der Waals surface area contributed by atoms with Crippen LogP contribution in [-0.2, 0) is 11.2 Å². The molecule has 0 aliphatic rings. The van der Waals surface area contributed by atoms with Gasteiger partial charge in [0.15, 0.2) is 0 Å². The van der Waals surface area contributed by atoms with E-state index in [0.717, 1.165) is 17.0 Å². The number of nitrogens with zero attached hydrogens (tertiary/aromatic N) is 1. The SMILES string of the molecule is CCC(C)(Oc1ccc(OCCc2cc(-c3ccccc3)no2)cc1)C(=O)O. The van der Waals surface area contributed by atoms with Gasteiger partial charge in [0.1, 0.15) is 23.0 Å². The molecule has 0 spiro atoms. The topological polar surface area (TPSA) is 81.8 Å². The normalized spacial score (nSPS) is 12.9. The highest BCUT2D eigenvalue weighted by atomic mass is 16.5. The average Bonchev–Trinajstić information content (AvgIpc) is 3.19. The summed E-state index contributed by atoms with van der Waals surface area (Å²) >= 11 is 0. The zero-order valence-electron chi connectivity index (χ0n) is 15.9. The minimum absolute atomic E-state index is 0.364. The standard InChI is InChI=1S/C22H23NO5/c1-3-22(2,21(24)25)27-18-11-9-17(10-12-18)26-14-13-19-15-20(23-28-19)16-7-5-4-6-8-16/h4-12,15H,3,13-14H2,1-2H3,(H,24,25). The smallest absolute Gasteiger partial charge is 0.347 e. The van der Waals surface area contributed by atoms with Gasteiger partial charge in [-0.3, -0.25) is 0 Å². The van der Waals surface area contributed by atoms with Crippen molar-refractivity contribution in [3.8, 4) is 22.8 Å². The Balaban J connectivity index is 1.52. The number of benzene rings is 2. The molecule has 146 valence electrons. The van der Waals surface area contributed by atoms with E-state index in [0.29, 0.717) is 30.9 Å². The molecule has 1 aromatic heterocycles. The molecule has 3 rings (SSSR count). The fourth-order valence-electron chi connectivity index (χ4n) is 2.58. The molecule has 28 heavy (non-hydrogen) atoms. The summed E-state index contributed by atoms with van der Waals surface area (Å²) in [7, 11) is 0. The van der Waals surface area contributed by atoms with Gasteiger partial charge in [-0.15, -0.1) is 0 Å². The Hall–Kier alpha value is -3.28. The van der Waals surface area contributed by atoms with E-state index < -0.39 is 11.6 Å². The van der Waals surface area contributed by atoms with Crippen molar-refractivity contribution in [2.75, 3.05) is 6.61 Å². The molecule has 2 aromatic carbocycles. The Labute approximate surface area is 163 Å². The van der Waals surface area contributed by atoms with E-state index in [9.17, 15) is 9.90 Å². The largest absolute Gasteiger partial charge is 0.493 e. The number of aliphatic carboxylic acids is 1. The minimum Gasteiger partial charge on any atom is -0.493 e. The van der Waals surface area contributed by atoms with Crippen LogP contribution < -0.4 is 9.47 Å². The Morgan fingerprint density at radius 1 is 1.11 bits per heavy atom. The molecule has 0 radical (unpaired) electrons. The fraction of sp³-hybridized carbons (Fsp3) is 0.273. The highest BCUT2D eigenvalue weighted by Gasteiger charge is 2.33. The lowest BCUT2D eigenvalue weighted by Gasteiger charge is -2.24. The quantitative estimate of drug-likeness (QED) is 0.583. The molecule has 0 amide bonds. The lowest BCUT2D eigenvalue weighted by Crippen LogP contribution is -2.40. The van der Waals surface area contributed by atoms with Gasteiger partial charge in [0.2, 0.25) is 5.60 Å². The van der Waals surface area contributed by atoms with Crippen molar-refractivity contribution < 1.29 is 23.9 Å². The van der Waals surface area contributed by atoms with Gasteiger partial charge in [-0.1, -0.05) is 42.4 Å². The van der Waals surface area contributed by atoms with E-state index in [1.165, 1.54) is 0 Å². The van der Waals surface area contributed by atoms with Gasteiger partial charge in [-0.2, -0.15) is 0 Å². The average molecular weight is 381 g/mol. The molecular formula is C22H23NO5. The molecule has 1 heterocycles. The van der Waals surface area contributed by atoms with E-state index in [2.05, 4.69) is 5.16 Å². The van der Waals surface area contributed by atoms with Crippen LogP contribution in [0, 0.1) is 0 Å². The van der Waals surface area contributed by atoms with E-state index >= 15 is 0 Å². The number of ether oxygens (including phenoxy) is 2. The predicted octanol–water partition coefficient (Wildman–Crippen LogP) is 4.60. The van der Waals surface area contributed by atoms with E-state index in [-0.39, 0.29) is 0 Å². The van der Waals surface area contributed by atoms with Crippen molar-refractivity contribution in [3.05, 3.63) is 66.4 Å². The summed E-state index contributed by atoms with van der Waals surface area (Å²) in [5.74, 6) is 0.918. The fourth-order valence-corrected chi connectivity index (χ4v) is 2.58. The Morgan fingerprint density at radius 3 is 2.43 bits per heavy atom. The van der Waals surface area contributed by atoms with Gasteiger partial charge < -0.3 is 19.1 Å². The van der Waals surface area contributed by atoms with Crippen LogP contribution in [0.4, 0.5) is 0 Å². The monoisotopic (exact) mass is 381 g/mol. The van der Waals surface area contributed by atoms with E-state index in [4.69, 9.17) is 14.0 Å². The number of hydrogen-bond donors (Lipinski definition) is 1. The number of carboxylic acid groups (broad SMARTS) is 1. The Bertz CT molecular complexity index is 904. The molecule has 1 N–H and O–H groups in total. The first-order valence-corrected chi connectivity index (χ1v) is 9.16. The number of carbonyl (C=O) groups is 1. The van der Waals surface area contributed by atoms with Crippen molar-refractivity contribution >= 4 is 5.97 Å². The minimum atomic E-state index is -1.24. The summed E-state index contributed by atoms with van der Waals surface area (Å²) in [6.07, 6.45) is 0.952. The molecule has 1 atom stereocenters. The van der Waals surface area contributed by atoms with Crippen LogP contribution in [-0.4, -0.2) is 28.4 Å². The molecular weight excluding hydrogens is 358 g/mol. The van der Waals surface area contributed by atoms with Gasteiger partial charge in [-0.05, 0) is 37.6 Å². The van der Waals surface area contributed by atoms with Crippen molar-refractivity contribution in [2.45, 2.75) is 32.3 Å². The lowest BCUT2D eigenvalue weighted by atomic mass is 10.0. The number of aromatic nitrogens is 1. The summed E-state index contributed by atoms with van der Waals surface area (Å²) in [6.45, 7) is 3.77. The molecule has 6 heteroatoms. The predicted molar refractivity (Wildman–Crippen MR) is 105 cm³/mol. The van der Waals surface area contributed by atoms with Crippen molar-refractivity contribution in [1.82, 2.24) is 5.16 Å². The first kappa shape index (κ1) is 19.5. The van der Waals surface area contributed by atoms with Gasteiger partial charge in [-0.25, -0.2) is 4.79 Å². The van der Waals surface area contributed by atoms with Crippen LogP contribution in [0.3, 0.4) is 0 Å². The molecule has 1 unspecified atom stereocenters. The van der Waals surface area contributed by atoms with Crippen LogP contribution in [0.5, 0.6) is 11.5 Å². The number of rotatable bonds is 9. The second-order valence-electron chi connectivity index (χ2n) is 6.61. The highest BCUT2D eigenvalue weighted by Crippen LogP contribution is 2.24. The van der Waals surface area contributed by atoms with Crippen LogP contribution in [0.25, 0.3) is 11.3 Å². The summed E-state index contributed by atoms with van der Waals surface area (Å²) in [5, 5.41) is 13.4. The molecule has 3 aromatic rings. The third-order valence-corrected chi connectivity index (χ3v) is 4.54. The Kier molecular flexibility index (Phi) is 5.99. The maximum absolute atomic E-state index is 11.3. The lowest BCUT2D eigenvalue weighted by molar-refractivity contribution is -0.154. The number of carboxylic acids is 1. The van der Waals surface area contributed by atoms with Crippen LogP contribution in [0.1, 0.15) is 26.0 Å². The van der Waals surface area contributed by atoms with Crippen LogP contribution in [0.2, 0.25) is 0 Å². The first-order valence-electron chi connectivity index (χ1n) is 9.16. The van der Waals surface area contributed by atoms with Crippen LogP contribution >= 0.6 is 0 Å².